The lowest BCUT2D eigenvalue weighted by Gasteiger charge is -2.04. The van der Waals surface area contributed by atoms with Gasteiger partial charge in [-0.25, -0.2) is 0 Å². The smallest absolute Gasteiger partial charge is 0.0721 e. The molecule has 62 valence electrons. The summed E-state index contributed by atoms with van der Waals surface area (Å²) >= 11 is 1.71. The van der Waals surface area contributed by atoms with Crippen LogP contribution in [0.15, 0.2) is 17.2 Å². The minimum Gasteiger partial charge on any atom is -0.352 e. The van der Waals surface area contributed by atoms with E-state index in [-0.39, 0.29) is 6.04 Å². The second-order valence-corrected chi connectivity index (χ2v) is 3.34. The first-order chi connectivity index (χ1) is 5.27. The van der Waals surface area contributed by atoms with E-state index < -0.39 is 0 Å². The van der Waals surface area contributed by atoms with Crippen LogP contribution in [0.3, 0.4) is 0 Å². The van der Waals surface area contributed by atoms with Gasteiger partial charge in [0.2, 0.25) is 0 Å². The number of H-pyrrole nitrogens is 1. The highest BCUT2D eigenvalue weighted by Gasteiger charge is 2.04. The van der Waals surface area contributed by atoms with Crippen molar-refractivity contribution < 1.29 is 0 Å². The van der Waals surface area contributed by atoms with Crippen LogP contribution in [-0.2, 0) is 0 Å². The zero-order valence-electron chi connectivity index (χ0n) is 6.92. The molecule has 2 nitrogen and oxygen atoms in total. The van der Waals surface area contributed by atoms with Gasteiger partial charge < -0.3 is 10.7 Å². The zero-order chi connectivity index (χ0) is 8.27. The summed E-state index contributed by atoms with van der Waals surface area (Å²) in [5.74, 6) is 0. The molecule has 0 radical (unpaired) electrons. The van der Waals surface area contributed by atoms with Gasteiger partial charge in [0.15, 0.2) is 0 Å². The molecule has 0 saturated heterocycles. The molecule has 0 aromatic carbocycles. The molecule has 1 rings (SSSR count). The van der Waals surface area contributed by atoms with Gasteiger partial charge in [0, 0.05) is 11.7 Å². The summed E-state index contributed by atoms with van der Waals surface area (Å²) in [5.41, 5.74) is 6.96. The molecule has 1 atom stereocenters. The van der Waals surface area contributed by atoms with Crippen molar-refractivity contribution in [3.63, 3.8) is 0 Å². The summed E-state index contributed by atoms with van der Waals surface area (Å²) in [4.78, 5) is 3.25. The van der Waals surface area contributed by atoms with Gasteiger partial charge in [-0.15, -0.1) is 11.8 Å². The molecule has 0 aliphatic rings. The molecule has 3 N–H and O–H groups in total. The largest absolute Gasteiger partial charge is 0.352 e. The monoisotopic (exact) mass is 170 g/mol. The maximum absolute atomic E-state index is 5.82. The maximum atomic E-state index is 5.82. The van der Waals surface area contributed by atoms with E-state index in [9.17, 15) is 0 Å². The molecule has 3 heteroatoms. The lowest BCUT2D eigenvalue weighted by atomic mass is 10.2. The molecule has 0 fully saturated rings. The number of aromatic nitrogens is 1. The molecule has 0 spiro atoms. The summed E-state index contributed by atoms with van der Waals surface area (Å²) in [6.45, 7) is 2.09. The predicted octanol–water partition coefficient (Wildman–Crippen LogP) is 2.15. The van der Waals surface area contributed by atoms with Gasteiger partial charge in [0.25, 0.3) is 0 Å². The van der Waals surface area contributed by atoms with Crippen molar-refractivity contribution in [3.05, 3.63) is 17.8 Å². The van der Waals surface area contributed by atoms with Crippen LogP contribution in [0.2, 0.25) is 0 Å². The standard InChI is InChI=1S/C8H14N2S/c1-3-6(9)7-4-5-8(10-7)11-2/h4-6,10H,3,9H2,1-2H3/t6-/m0/s1. The first-order valence-electron chi connectivity index (χ1n) is 3.76. The quantitative estimate of drug-likeness (QED) is 0.682. The van der Waals surface area contributed by atoms with Crippen LogP contribution in [0.25, 0.3) is 0 Å². The molecule has 1 heterocycles. The molecule has 1 aromatic rings. The van der Waals surface area contributed by atoms with Crippen LogP contribution in [0, 0.1) is 0 Å². The Bertz CT molecular complexity index is 220. The summed E-state index contributed by atoms with van der Waals surface area (Å²) in [7, 11) is 0. The van der Waals surface area contributed by atoms with E-state index in [0.717, 1.165) is 12.1 Å². The van der Waals surface area contributed by atoms with Crippen LogP contribution < -0.4 is 5.73 Å². The van der Waals surface area contributed by atoms with E-state index in [1.807, 2.05) is 6.26 Å². The van der Waals surface area contributed by atoms with E-state index in [0.29, 0.717) is 0 Å². The normalized spacial score (nSPS) is 13.4. The molecular weight excluding hydrogens is 156 g/mol. The van der Waals surface area contributed by atoms with Gasteiger partial charge in [0.1, 0.15) is 0 Å². The number of hydrogen-bond acceptors (Lipinski definition) is 2. The Balaban J connectivity index is 2.71. The Morgan fingerprint density at radius 1 is 1.64 bits per heavy atom. The number of thioether (sulfide) groups is 1. The van der Waals surface area contributed by atoms with Crippen molar-refractivity contribution in [2.24, 2.45) is 5.73 Å². The van der Waals surface area contributed by atoms with E-state index >= 15 is 0 Å². The Morgan fingerprint density at radius 3 is 2.82 bits per heavy atom. The number of rotatable bonds is 3. The van der Waals surface area contributed by atoms with Crippen LogP contribution in [0.5, 0.6) is 0 Å². The van der Waals surface area contributed by atoms with E-state index in [1.54, 1.807) is 11.8 Å². The third-order valence-electron chi connectivity index (χ3n) is 1.74. The van der Waals surface area contributed by atoms with E-state index in [2.05, 4.69) is 24.0 Å². The van der Waals surface area contributed by atoms with Crippen molar-refractivity contribution in [3.8, 4) is 0 Å². The summed E-state index contributed by atoms with van der Waals surface area (Å²) in [6.07, 6.45) is 3.03. The second-order valence-electron chi connectivity index (χ2n) is 2.50. The highest BCUT2D eigenvalue weighted by atomic mass is 32.2. The minimum absolute atomic E-state index is 0.163. The number of hydrogen-bond donors (Lipinski definition) is 2. The summed E-state index contributed by atoms with van der Waals surface area (Å²) in [5, 5.41) is 1.18. The molecule has 0 saturated carbocycles. The molecule has 0 aliphatic carbocycles. The molecule has 0 bridgehead atoms. The first-order valence-corrected chi connectivity index (χ1v) is 4.99. The lowest BCUT2D eigenvalue weighted by molar-refractivity contribution is 0.676. The van der Waals surface area contributed by atoms with Crippen molar-refractivity contribution in [2.75, 3.05) is 6.26 Å². The average molecular weight is 170 g/mol. The van der Waals surface area contributed by atoms with Crippen molar-refractivity contribution >= 4 is 11.8 Å². The Hall–Kier alpha value is -0.410. The lowest BCUT2D eigenvalue weighted by Crippen LogP contribution is -2.08. The van der Waals surface area contributed by atoms with Crippen LogP contribution in [0.4, 0.5) is 0 Å². The second kappa shape index (κ2) is 3.83. The van der Waals surface area contributed by atoms with E-state index in [4.69, 9.17) is 5.73 Å². The molecule has 0 amide bonds. The van der Waals surface area contributed by atoms with Gasteiger partial charge in [-0.2, -0.15) is 0 Å². The Labute approximate surface area is 71.6 Å². The summed E-state index contributed by atoms with van der Waals surface area (Å²) < 4.78 is 0. The van der Waals surface area contributed by atoms with Crippen LogP contribution in [-0.4, -0.2) is 11.2 Å². The summed E-state index contributed by atoms with van der Waals surface area (Å²) in [6, 6.07) is 4.28. The number of nitrogens with one attached hydrogen (secondary N) is 1. The van der Waals surface area contributed by atoms with Crippen LogP contribution >= 0.6 is 11.8 Å². The van der Waals surface area contributed by atoms with Gasteiger partial charge >= 0.3 is 0 Å². The van der Waals surface area contributed by atoms with Gasteiger partial charge in [-0.1, -0.05) is 6.92 Å². The molecule has 0 unspecified atom stereocenters. The van der Waals surface area contributed by atoms with Gasteiger partial charge in [-0.3, -0.25) is 0 Å². The van der Waals surface area contributed by atoms with Gasteiger partial charge in [0.05, 0.1) is 5.03 Å². The minimum atomic E-state index is 0.163. The Morgan fingerprint density at radius 2 is 2.36 bits per heavy atom. The highest BCUT2D eigenvalue weighted by Crippen LogP contribution is 2.18. The molecule has 0 aliphatic heterocycles. The van der Waals surface area contributed by atoms with Crippen molar-refractivity contribution in [1.82, 2.24) is 4.98 Å². The van der Waals surface area contributed by atoms with Crippen LogP contribution in [0.1, 0.15) is 25.1 Å². The first kappa shape index (κ1) is 8.68. The molecule has 1 aromatic heterocycles. The van der Waals surface area contributed by atoms with Crippen molar-refractivity contribution in [2.45, 2.75) is 24.4 Å². The van der Waals surface area contributed by atoms with E-state index in [1.165, 1.54) is 5.03 Å². The average Bonchev–Trinajstić information content (AvgIpc) is 2.50. The third kappa shape index (κ3) is 2.01. The van der Waals surface area contributed by atoms with Gasteiger partial charge in [-0.05, 0) is 24.8 Å². The number of aromatic amines is 1. The number of nitrogens with two attached hydrogens (primary N) is 1. The molecular formula is C8H14N2S. The highest BCUT2D eigenvalue weighted by molar-refractivity contribution is 7.98. The predicted molar refractivity (Wildman–Crippen MR) is 49.8 cm³/mol. The maximum Gasteiger partial charge on any atom is 0.0721 e. The topological polar surface area (TPSA) is 41.8 Å². The van der Waals surface area contributed by atoms with Crippen molar-refractivity contribution in [1.29, 1.82) is 0 Å². The third-order valence-corrected chi connectivity index (χ3v) is 2.42. The SMILES string of the molecule is CC[C@H](N)c1ccc(SC)[nH]1. The fraction of sp³-hybridized carbons (Fsp3) is 0.500. The Kier molecular flexibility index (Phi) is 3.02. The zero-order valence-corrected chi connectivity index (χ0v) is 7.74. The fourth-order valence-corrected chi connectivity index (χ4v) is 1.37. The molecule has 11 heavy (non-hydrogen) atoms. The fourth-order valence-electron chi connectivity index (χ4n) is 0.946.